The molecular formula is C18H27NO6. The molecule has 1 amide bonds. The second kappa shape index (κ2) is 9.15. The van der Waals surface area contributed by atoms with Crippen molar-refractivity contribution in [2.24, 2.45) is 0 Å². The normalized spacial score (nSPS) is 10.8. The van der Waals surface area contributed by atoms with Crippen molar-refractivity contribution in [3.8, 4) is 11.5 Å². The van der Waals surface area contributed by atoms with Crippen molar-refractivity contribution in [3.05, 3.63) is 23.3 Å². The number of alkyl carbamates (subject to hydrolysis) is 1. The molecule has 7 heteroatoms. The van der Waals surface area contributed by atoms with Gasteiger partial charge in [0, 0.05) is 12.1 Å². The van der Waals surface area contributed by atoms with Crippen molar-refractivity contribution in [1.29, 1.82) is 0 Å². The molecule has 140 valence electrons. The van der Waals surface area contributed by atoms with E-state index in [0.29, 0.717) is 30.0 Å². The molecule has 25 heavy (non-hydrogen) atoms. The van der Waals surface area contributed by atoms with Crippen molar-refractivity contribution in [3.63, 3.8) is 0 Å². The zero-order chi connectivity index (χ0) is 19.0. The number of hydrogen-bond acceptors (Lipinski definition) is 6. The molecule has 0 fully saturated rings. The zero-order valence-electron chi connectivity index (χ0n) is 15.7. The van der Waals surface area contributed by atoms with Crippen LogP contribution in [0.2, 0.25) is 0 Å². The third-order valence-corrected chi connectivity index (χ3v) is 3.21. The number of methoxy groups -OCH3 is 2. The van der Waals surface area contributed by atoms with E-state index in [0.717, 1.165) is 5.56 Å². The highest BCUT2D eigenvalue weighted by molar-refractivity contribution is 5.90. The first-order valence-electron chi connectivity index (χ1n) is 8.04. The number of rotatable bonds is 7. The summed E-state index contributed by atoms with van der Waals surface area (Å²) >= 11 is 0. The molecule has 0 saturated carbocycles. The van der Waals surface area contributed by atoms with Crippen molar-refractivity contribution >= 4 is 12.1 Å². The van der Waals surface area contributed by atoms with Crippen molar-refractivity contribution in [2.45, 2.75) is 39.7 Å². The number of carbonyl (C=O) groups is 2. The van der Waals surface area contributed by atoms with Crippen LogP contribution in [-0.2, 0) is 9.47 Å². The lowest BCUT2D eigenvalue weighted by atomic mass is 10.1. The minimum atomic E-state index is -0.542. The number of amides is 1. The van der Waals surface area contributed by atoms with Gasteiger partial charge in [-0.3, -0.25) is 0 Å². The highest BCUT2D eigenvalue weighted by Crippen LogP contribution is 2.29. The van der Waals surface area contributed by atoms with E-state index in [4.69, 9.17) is 18.9 Å². The Hall–Kier alpha value is -2.44. The van der Waals surface area contributed by atoms with E-state index in [1.165, 1.54) is 14.2 Å². The Bertz CT molecular complexity index is 581. The molecule has 1 N–H and O–H groups in total. The fraction of sp³-hybridized carbons (Fsp3) is 0.556. The Kier molecular flexibility index (Phi) is 7.54. The van der Waals surface area contributed by atoms with Gasteiger partial charge in [0.2, 0.25) is 0 Å². The lowest BCUT2D eigenvalue weighted by molar-refractivity contribution is 0.0482. The first-order chi connectivity index (χ1) is 11.7. The quantitative estimate of drug-likeness (QED) is 0.599. The average Bonchev–Trinajstić information content (AvgIpc) is 2.52. The maximum Gasteiger partial charge on any atom is 0.407 e. The van der Waals surface area contributed by atoms with Crippen LogP contribution < -0.4 is 14.8 Å². The summed E-state index contributed by atoms with van der Waals surface area (Å²) < 4.78 is 20.8. The molecule has 0 saturated heterocycles. The summed E-state index contributed by atoms with van der Waals surface area (Å²) in [5.41, 5.74) is 0.614. The third-order valence-electron chi connectivity index (χ3n) is 3.21. The monoisotopic (exact) mass is 353 g/mol. The zero-order valence-corrected chi connectivity index (χ0v) is 15.7. The van der Waals surface area contributed by atoms with Gasteiger partial charge >= 0.3 is 12.1 Å². The Morgan fingerprint density at radius 3 is 2.12 bits per heavy atom. The van der Waals surface area contributed by atoms with Gasteiger partial charge in [-0.1, -0.05) is 0 Å². The van der Waals surface area contributed by atoms with Gasteiger partial charge in [-0.15, -0.1) is 0 Å². The van der Waals surface area contributed by atoms with Gasteiger partial charge in [0.15, 0.2) is 0 Å². The number of hydrogen-bond donors (Lipinski definition) is 1. The van der Waals surface area contributed by atoms with Crippen LogP contribution in [0.5, 0.6) is 11.5 Å². The number of esters is 1. The average molecular weight is 353 g/mol. The van der Waals surface area contributed by atoms with Crippen molar-refractivity contribution in [1.82, 2.24) is 5.32 Å². The first-order valence-corrected chi connectivity index (χ1v) is 8.04. The van der Waals surface area contributed by atoms with E-state index in [1.54, 1.807) is 32.9 Å². The van der Waals surface area contributed by atoms with Crippen LogP contribution in [0, 0.1) is 6.92 Å². The molecule has 7 nitrogen and oxygen atoms in total. The highest BCUT2D eigenvalue weighted by Gasteiger charge is 2.16. The Morgan fingerprint density at radius 2 is 1.64 bits per heavy atom. The van der Waals surface area contributed by atoms with Gasteiger partial charge in [0.1, 0.15) is 17.1 Å². The molecule has 0 radical (unpaired) electrons. The molecule has 0 aliphatic heterocycles. The summed E-state index contributed by atoms with van der Waals surface area (Å²) in [6.45, 7) is 7.74. The Labute approximate surface area is 148 Å². The van der Waals surface area contributed by atoms with Gasteiger partial charge in [-0.2, -0.15) is 0 Å². The van der Waals surface area contributed by atoms with Crippen LogP contribution in [0.25, 0.3) is 0 Å². The minimum Gasteiger partial charge on any atom is -0.496 e. The number of benzene rings is 1. The van der Waals surface area contributed by atoms with Gasteiger partial charge in [0.25, 0.3) is 0 Å². The number of nitrogens with one attached hydrogen (secondary N) is 1. The van der Waals surface area contributed by atoms with Gasteiger partial charge in [-0.25, -0.2) is 9.59 Å². The van der Waals surface area contributed by atoms with Gasteiger partial charge < -0.3 is 24.3 Å². The van der Waals surface area contributed by atoms with Crippen molar-refractivity contribution in [2.75, 3.05) is 27.4 Å². The van der Waals surface area contributed by atoms with E-state index >= 15 is 0 Å². The molecule has 0 aliphatic rings. The molecule has 0 unspecified atom stereocenters. The Morgan fingerprint density at radius 1 is 1.08 bits per heavy atom. The highest BCUT2D eigenvalue weighted by atomic mass is 16.6. The molecular weight excluding hydrogens is 326 g/mol. The van der Waals surface area contributed by atoms with Crippen LogP contribution in [-0.4, -0.2) is 45.0 Å². The molecule has 0 aliphatic carbocycles. The van der Waals surface area contributed by atoms with Crippen LogP contribution >= 0.6 is 0 Å². The van der Waals surface area contributed by atoms with Crippen LogP contribution in [0.15, 0.2) is 12.1 Å². The second-order valence-electron chi connectivity index (χ2n) is 6.42. The largest absolute Gasteiger partial charge is 0.496 e. The van der Waals surface area contributed by atoms with Crippen LogP contribution in [0.1, 0.15) is 43.1 Å². The summed E-state index contributed by atoms with van der Waals surface area (Å²) in [6.07, 6.45) is -0.0164. The molecule has 1 rings (SSSR count). The molecule has 1 aromatic rings. The van der Waals surface area contributed by atoms with Gasteiger partial charge in [0.05, 0.1) is 26.4 Å². The standard InChI is InChI=1S/C18H27NO6/c1-12-14(22-5)10-13(11-15(12)23-6)16(20)24-9-7-8-19-17(21)25-18(2,3)4/h10-11H,7-9H2,1-6H3,(H,19,21). The van der Waals surface area contributed by atoms with Crippen LogP contribution in [0.4, 0.5) is 4.79 Å². The predicted octanol–water partition coefficient (Wildman–Crippen LogP) is 3.08. The third kappa shape index (κ3) is 6.91. The van der Waals surface area contributed by atoms with E-state index < -0.39 is 17.7 Å². The minimum absolute atomic E-state index is 0.174. The molecule has 0 bridgehead atoms. The van der Waals surface area contributed by atoms with Crippen molar-refractivity contribution < 1.29 is 28.5 Å². The smallest absolute Gasteiger partial charge is 0.407 e. The molecule has 0 atom stereocenters. The second-order valence-corrected chi connectivity index (χ2v) is 6.42. The van der Waals surface area contributed by atoms with E-state index in [-0.39, 0.29) is 6.61 Å². The lowest BCUT2D eigenvalue weighted by Crippen LogP contribution is -2.33. The predicted molar refractivity (Wildman–Crippen MR) is 93.4 cm³/mol. The lowest BCUT2D eigenvalue weighted by Gasteiger charge is -2.19. The first kappa shape index (κ1) is 20.6. The number of ether oxygens (including phenoxy) is 4. The van der Waals surface area contributed by atoms with E-state index in [1.807, 2.05) is 6.92 Å². The van der Waals surface area contributed by atoms with E-state index in [9.17, 15) is 9.59 Å². The topological polar surface area (TPSA) is 83.1 Å². The fourth-order valence-electron chi connectivity index (χ4n) is 2.03. The summed E-state index contributed by atoms with van der Waals surface area (Å²) in [6, 6.07) is 3.22. The molecule has 0 heterocycles. The molecule has 0 aromatic heterocycles. The molecule has 0 spiro atoms. The van der Waals surface area contributed by atoms with E-state index in [2.05, 4.69) is 5.32 Å². The summed E-state index contributed by atoms with van der Waals surface area (Å²) in [5, 5.41) is 2.60. The SMILES string of the molecule is COc1cc(C(=O)OCCCNC(=O)OC(C)(C)C)cc(OC)c1C. The fourth-order valence-corrected chi connectivity index (χ4v) is 2.03. The summed E-state index contributed by atoms with van der Waals surface area (Å²) in [5.74, 6) is 0.629. The summed E-state index contributed by atoms with van der Waals surface area (Å²) in [7, 11) is 3.05. The van der Waals surface area contributed by atoms with Crippen LogP contribution in [0.3, 0.4) is 0 Å². The summed E-state index contributed by atoms with van der Waals surface area (Å²) in [4.78, 5) is 23.6. The number of carbonyl (C=O) groups excluding carboxylic acids is 2. The van der Waals surface area contributed by atoms with Gasteiger partial charge in [-0.05, 0) is 46.2 Å². The molecule has 1 aromatic carbocycles. The maximum absolute atomic E-state index is 12.1. The Balaban J connectivity index is 2.46. The maximum atomic E-state index is 12.1.